The van der Waals surface area contributed by atoms with Crippen molar-refractivity contribution in [1.82, 2.24) is 0 Å². The second kappa shape index (κ2) is 8.18. The van der Waals surface area contributed by atoms with Crippen molar-refractivity contribution < 1.29 is 23.5 Å². The molecule has 3 aromatic rings. The quantitative estimate of drug-likeness (QED) is 0.453. The van der Waals surface area contributed by atoms with E-state index in [2.05, 4.69) is 0 Å². The SMILES string of the molecule is CCc1ccc(C(=O)[C@@H](C)OC(=O)c2oc3ccccc3c2COC)cc1. The Morgan fingerprint density at radius 2 is 1.78 bits per heavy atom. The minimum absolute atomic E-state index is 0.0685. The topological polar surface area (TPSA) is 65.7 Å². The molecule has 1 aromatic heterocycles. The van der Waals surface area contributed by atoms with E-state index >= 15 is 0 Å². The average molecular weight is 366 g/mol. The van der Waals surface area contributed by atoms with Gasteiger partial charge in [-0.3, -0.25) is 4.79 Å². The van der Waals surface area contributed by atoms with Crippen LogP contribution in [0.1, 0.15) is 45.9 Å². The van der Waals surface area contributed by atoms with E-state index < -0.39 is 12.1 Å². The number of rotatable bonds is 7. The molecule has 0 amide bonds. The lowest BCUT2D eigenvalue weighted by molar-refractivity contribution is 0.0286. The Labute approximate surface area is 157 Å². The third-order valence-electron chi connectivity index (χ3n) is 4.47. The van der Waals surface area contributed by atoms with Crippen LogP contribution in [0.3, 0.4) is 0 Å². The third kappa shape index (κ3) is 3.93. The van der Waals surface area contributed by atoms with Crippen molar-refractivity contribution in [1.29, 1.82) is 0 Å². The van der Waals surface area contributed by atoms with Crippen LogP contribution < -0.4 is 0 Å². The summed E-state index contributed by atoms with van der Waals surface area (Å²) in [5.41, 5.74) is 2.84. The molecule has 0 N–H and O–H groups in total. The van der Waals surface area contributed by atoms with Gasteiger partial charge in [-0.05, 0) is 25.0 Å². The number of benzene rings is 2. The molecule has 2 aromatic carbocycles. The van der Waals surface area contributed by atoms with Crippen molar-refractivity contribution in [2.75, 3.05) is 7.11 Å². The first-order valence-corrected chi connectivity index (χ1v) is 8.88. The van der Waals surface area contributed by atoms with Crippen LogP contribution in [0.25, 0.3) is 11.0 Å². The average Bonchev–Trinajstić information content (AvgIpc) is 3.06. The molecule has 0 aliphatic carbocycles. The molecule has 0 fully saturated rings. The molecule has 1 atom stereocenters. The van der Waals surface area contributed by atoms with Crippen molar-refractivity contribution in [3.63, 3.8) is 0 Å². The highest BCUT2D eigenvalue weighted by atomic mass is 16.6. The number of hydrogen-bond acceptors (Lipinski definition) is 5. The van der Waals surface area contributed by atoms with Gasteiger partial charge < -0.3 is 13.9 Å². The number of Topliss-reactive ketones (excluding diaryl/α,β-unsaturated/α-hetero) is 1. The predicted molar refractivity (Wildman–Crippen MR) is 102 cm³/mol. The molecule has 0 aliphatic rings. The minimum Gasteiger partial charge on any atom is -0.449 e. The monoisotopic (exact) mass is 366 g/mol. The number of para-hydroxylation sites is 1. The Balaban J connectivity index is 1.80. The molecule has 0 unspecified atom stereocenters. The maximum Gasteiger partial charge on any atom is 0.375 e. The van der Waals surface area contributed by atoms with Gasteiger partial charge in [0.1, 0.15) is 5.58 Å². The molecular weight excluding hydrogens is 344 g/mol. The van der Waals surface area contributed by atoms with Crippen molar-refractivity contribution >= 4 is 22.7 Å². The van der Waals surface area contributed by atoms with Gasteiger partial charge in [-0.25, -0.2) is 4.79 Å². The van der Waals surface area contributed by atoms with Gasteiger partial charge in [-0.15, -0.1) is 0 Å². The first-order chi connectivity index (χ1) is 13.0. The zero-order valence-electron chi connectivity index (χ0n) is 15.7. The van der Waals surface area contributed by atoms with E-state index in [1.807, 2.05) is 37.3 Å². The second-order valence-corrected chi connectivity index (χ2v) is 6.30. The van der Waals surface area contributed by atoms with E-state index in [9.17, 15) is 9.59 Å². The third-order valence-corrected chi connectivity index (χ3v) is 4.47. The smallest absolute Gasteiger partial charge is 0.375 e. The minimum atomic E-state index is -0.923. The Hall–Kier alpha value is -2.92. The number of carbonyl (C=O) groups is 2. The van der Waals surface area contributed by atoms with Crippen LogP contribution in [0.15, 0.2) is 52.9 Å². The molecule has 5 heteroatoms. The lowest BCUT2D eigenvalue weighted by atomic mass is 10.0. The summed E-state index contributed by atoms with van der Waals surface area (Å²) in [6.07, 6.45) is -0.0264. The summed E-state index contributed by atoms with van der Waals surface area (Å²) < 4.78 is 16.2. The van der Waals surface area contributed by atoms with E-state index in [4.69, 9.17) is 13.9 Å². The summed E-state index contributed by atoms with van der Waals surface area (Å²) in [5, 5.41) is 0.792. The standard InChI is InChI=1S/C22H22O5/c1-4-15-9-11-16(12-10-15)20(23)14(2)26-22(24)21-18(13-25-3)17-7-5-6-8-19(17)27-21/h5-12,14H,4,13H2,1-3H3/t14-/m1/s1. The number of fused-ring (bicyclic) bond motifs is 1. The van der Waals surface area contributed by atoms with E-state index in [0.29, 0.717) is 16.7 Å². The zero-order valence-corrected chi connectivity index (χ0v) is 15.7. The summed E-state index contributed by atoms with van der Waals surface area (Å²) >= 11 is 0. The highest BCUT2D eigenvalue weighted by molar-refractivity contribution is 6.02. The second-order valence-electron chi connectivity index (χ2n) is 6.30. The first-order valence-electron chi connectivity index (χ1n) is 8.88. The normalized spacial score (nSPS) is 12.1. The zero-order chi connectivity index (χ0) is 19.4. The van der Waals surface area contributed by atoms with Gasteiger partial charge in [0.2, 0.25) is 11.5 Å². The summed E-state index contributed by atoms with van der Waals surface area (Å²) in [5.74, 6) is -0.862. The molecule has 0 spiro atoms. The van der Waals surface area contributed by atoms with Crippen molar-refractivity contribution in [3.8, 4) is 0 Å². The highest BCUT2D eigenvalue weighted by Gasteiger charge is 2.26. The fourth-order valence-corrected chi connectivity index (χ4v) is 2.96. The molecule has 0 saturated heterocycles. The molecule has 0 radical (unpaired) electrons. The van der Waals surface area contributed by atoms with Gasteiger partial charge in [0.05, 0.1) is 6.61 Å². The van der Waals surface area contributed by atoms with Crippen molar-refractivity contribution in [3.05, 3.63) is 71.0 Å². The van der Waals surface area contributed by atoms with Crippen LogP contribution in [0.5, 0.6) is 0 Å². The predicted octanol–water partition coefficient (Wildman–Crippen LogP) is 4.57. The molecule has 5 nitrogen and oxygen atoms in total. The van der Waals surface area contributed by atoms with Crippen LogP contribution in [0.4, 0.5) is 0 Å². The summed E-state index contributed by atoms with van der Waals surface area (Å²) in [7, 11) is 1.54. The van der Waals surface area contributed by atoms with Crippen molar-refractivity contribution in [2.45, 2.75) is 33.0 Å². The Morgan fingerprint density at radius 3 is 2.44 bits per heavy atom. The van der Waals surface area contributed by atoms with Gasteiger partial charge >= 0.3 is 5.97 Å². The van der Waals surface area contributed by atoms with E-state index in [1.165, 1.54) is 0 Å². The number of ether oxygens (including phenoxy) is 2. The van der Waals surface area contributed by atoms with E-state index in [-0.39, 0.29) is 18.2 Å². The Morgan fingerprint density at radius 1 is 1.07 bits per heavy atom. The van der Waals surface area contributed by atoms with E-state index in [1.54, 1.807) is 32.2 Å². The molecule has 27 heavy (non-hydrogen) atoms. The lowest BCUT2D eigenvalue weighted by Gasteiger charge is -2.12. The van der Waals surface area contributed by atoms with Gasteiger partial charge in [-0.2, -0.15) is 0 Å². The molecule has 0 saturated carbocycles. The maximum atomic E-state index is 12.6. The van der Waals surface area contributed by atoms with Gasteiger partial charge in [0.15, 0.2) is 6.10 Å². The fraction of sp³-hybridized carbons (Fsp3) is 0.273. The first kappa shape index (κ1) is 18.9. The van der Waals surface area contributed by atoms with Crippen LogP contribution >= 0.6 is 0 Å². The summed E-state index contributed by atoms with van der Waals surface area (Å²) in [4.78, 5) is 25.2. The molecule has 0 aliphatic heterocycles. The van der Waals surface area contributed by atoms with E-state index in [0.717, 1.165) is 17.4 Å². The number of aryl methyl sites for hydroxylation is 1. The van der Waals surface area contributed by atoms with Gasteiger partial charge in [-0.1, -0.05) is 49.4 Å². The Bertz CT molecular complexity index is 952. The largest absolute Gasteiger partial charge is 0.449 e. The molecular formula is C22H22O5. The van der Waals surface area contributed by atoms with Crippen LogP contribution in [0, 0.1) is 0 Å². The fourth-order valence-electron chi connectivity index (χ4n) is 2.96. The summed E-state index contributed by atoms with van der Waals surface area (Å²) in [6, 6.07) is 14.6. The number of esters is 1. The maximum absolute atomic E-state index is 12.6. The molecule has 0 bridgehead atoms. The number of methoxy groups -OCH3 is 1. The highest BCUT2D eigenvalue weighted by Crippen LogP contribution is 2.27. The molecule has 3 rings (SSSR count). The number of ketones is 1. The number of carbonyl (C=O) groups excluding carboxylic acids is 2. The number of furan rings is 1. The van der Waals surface area contributed by atoms with Crippen LogP contribution in [-0.4, -0.2) is 25.0 Å². The van der Waals surface area contributed by atoms with Gasteiger partial charge in [0, 0.05) is 23.6 Å². The summed E-state index contributed by atoms with van der Waals surface area (Å²) in [6.45, 7) is 3.82. The van der Waals surface area contributed by atoms with Gasteiger partial charge in [0.25, 0.3) is 0 Å². The molecule has 1 heterocycles. The number of hydrogen-bond donors (Lipinski definition) is 0. The Kier molecular flexibility index (Phi) is 5.72. The van der Waals surface area contributed by atoms with Crippen LogP contribution in [0.2, 0.25) is 0 Å². The lowest BCUT2D eigenvalue weighted by Crippen LogP contribution is -2.24. The molecule has 140 valence electrons. The van der Waals surface area contributed by atoms with Crippen LogP contribution in [-0.2, 0) is 22.5 Å². The van der Waals surface area contributed by atoms with Crippen molar-refractivity contribution in [2.24, 2.45) is 0 Å².